The van der Waals surface area contributed by atoms with Crippen molar-refractivity contribution in [3.63, 3.8) is 0 Å². The number of hydrogen-bond donors (Lipinski definition) is 0. The predicted octanol–water partition coefficient (Wildman–Crippen LogP) is 2.88. The zero-order chi connectivity index (χ0) is 16.4. The second-order valence-electron chi connectivity index (χ2n) is 4.30. The fraction of sp³-hybridized carbons (Fsp3) is 0.154. The Labute approximate surface area is 130 Å². The molecule has 0 spiro atoms. The van der Waals surface area contributed by atoms with Gasteiger partial charge in [-0.1, -0.05) is 12.1 Å². The van der Waals surface area contributed by atoms with Gasteiger partial charge in [-0.3, -0.25) is 4.79 Å². The molecule has 2 heterocycles. The highest BCUT2D eigenvalue weighted by Gasteiger charge is 2.29. The number of rotatable bonds is 4. The Hall–Kier alpha value is -2.62. The number of nitrogens with zero attached hydrogens (tertiary/aromatic N) is 3. The van der Waals surface area contributed by atoms with E-state index in [9.17, 15) is 18.0 Å². The molecule has 0 saturated heterocycles. The number of halogens is 3. The third kappa shape index (κ3) is 3.59. The molecule has 3 aromatic rings. The summed E-state index contributed by atoms with van der Waals surface area (Å²) in [5.41, 5.74) is -0.386. The third-order valence-electron chi connectivity index (χ3n) is 2.59. The van der Waals surface area contributed by atoms with E-state index in [1.165, 1.54) is 30.5 Å². The van der Waals surface area contributed by atoms with Crippen molar-refractivity contribution in [2.75, 3.05) is 6.61 Å². The molecule has 1 aromatic carbocycles. The molecule has 0 radical (unpaired) electrons. The van der Waals surface area contributed by atoms with Gasteiger partial charge in [-0.15, -0.1) is 5.10 Å². The lowest BCUT2D eigenvalue weighted by atomic mass is 10.3. The lowest BCUT2D eigenvalue weighted by Gasteiger charge is -2.12. The second kappa shape index (κ2) is 5.88. The largest absolute Gasteiger partial charge is 0.480 e. The van der Waals surface area contributed by atoms with Crippen molar-refractivity contribution in [1.82, 2.24) is 14.6 Å². The zero-order valence-corrected chi connectivity index (χ0v) is 12.1. The molecule has 2 aromatic heterocycles. The van der Waals surface area contributed by atoms with Crippen molar-refractivity contribution in [2.24, 2.45) is 0 Å². The van der Waals surface area contributed by atoms with Crippen molar-refractivity contribution in [3.8, 4) is 16.7 Å². The molecule has 0 aliphatic carbocycles. The van der Waals surface area contributed by atoms with Crippen molar-refractivity contribution < 1.29 is 22.6 Å². The Morgan fingerprint density at radius 1 is 1.17 bits per heavy atom. The highest BCUT2D eigenvalue weighted by atomic mass is 32.1. The molecule has 120 valence electrons. The molecule has 0 amide bonds. The standard InChI is InChI=1S/C13H8F3N3O3S/c14-13(15,16)7-21-8-3-1-2-4-9(8)22-12-18-19-10(20)5-6-17-11(19)23-12/h1-6H,7H2. The molecule has 0 N–H and O–H groups in total. The molecule has 10 heteroatoms. The minimum absolute atomic E-state index is 0.0591. The molecule has 0 saturated carbocycles. The fourth-order valence-corrected chi connectivity index (χ4v) is 2.42. The smallest absolute Gasteiger partial charge is 0.422 e. The van der Waals surface area contributed by atoms with E-state index >= 15 is 0 Å². The first-order valence-electron chi connectivity index (χ1n) is 6.24. The van der Waals surface area contributed by atoms with Crippen LogP contribution in [0, 0.1) is 0 Å². The van der Waals surface area contributed by atoms with E-state index in [1.807, 2.05) is 0 Å². The number of alkyl halides is 3. The van der Waals surface area contributed by atoms with Crippen LogP contribution in [0.1, 0.15) is 0 Å². The van der Waals surface area contributed by atoms with Crippen molar-refractivity contribution in [3.05, 3.63) is 46.9 Å². The Morgan fingerprint density at radius 3 is 2.61 bits per heavy atom. The third-order valence-corrected chi connectivity index (χ3v) is 3.39. The van der Waals surface area contributed by atoms with Crippen molar-refractivity contribution >= 4 is 16.3 Å². The van der Waals surface area contributed by atoms with Gasteiger partial charge in [0, 0.05) is 12.3 Å². The first-order valence-corrected chi connectivity index (χ1v) is 7.05. The Bertz CT molecular complexity index is 891. The van der Waals surface area contributed by atoms with Gasteiger partial charge >= 0.3 is 6.18 Å². The molecular weight excluding hydrogens is 335 g/mol. The van der Waals surface area contributed by atoms with Gasteiger partial charge < -0.3 is 9.47 Å². The van der Waals surface area contributed by atoms with Crippen LogP contribution in [0.3, 0.4) is 0 Å². The van der Waals surface area contributed by atoms with E-state index in [1.54, 1.807) is 6.07 Å². The summed E-state index contributed by atoms with van der Waals surface area (Å²) >= 11 is 0.979. The monoisotopic (exact) mass is 343 g/mol. The SMILES string of the molecule is O=c1ccnc2sc(Oc3ccccc3OCC(F)(F)F)nn12. The van der Waals surface area contributed by atoms with Crippen LogP contribution in [-0.4, -0.2) is 27.4 Å². The highest BCUT2D eigenvalue weighted by molar-refractivity contribution is 7.18. The van der Waals surface area contributed by atoms with Crippen LogP contribution in [-0.2, 0) is 0 Å². The summed E-state index contributed by atoms with van der Waals surface area (Å²) in [6.45, 7) is -1.44. The lowest BCUT2D eigenvalue weighted by molar-refractivity contribution is -0.153. The maximum atomic E-state index is 12.3. The van der Waals surface area contributed by atoms with E-state index < -0.39 is 12.8 Å². The molecule has 0 bridgehead atoms. The average molecular weight is 343 g/mol. The summed E-state index contributed by atoms with van der Waals surface area (Å²) in [4.78, 5) is 15.8. The summed E-state index contributed by atoms with van der Waals surface area (Å²) in [5, 5.41) is 3.98. The number of aromatic nitrogens is 3. The van der Waals surface area contributed by atoms with E-state index in [2.05, 4.69) is 10.1 Å². The zero-order valence-electron chi connectivity index (χ0n) is 11.3. The van der Waals surface area contributed by atoms with Crippen LogP contribution in [0.15, 0.2) is 41.3 Å². The van der Waals surface area contributed by atoms with E-state index in [0.29, 0.717) is 4.96 Å². The summed E-state index contributed by atoms with van der Waals surface area (Å²) in [7, 11) is 0. The summed E-state index contributed by atoms with van der Waals surface area (Å²) < 4.78 is 48.0. The summed E-state index contributed by atoms with van der Waals surface area (Å²) in [5.74, 6) is -0.0201. The number of benzene rings is 1. The molecule has 23 heavy (non-hydrogen) atoms. The fourth-order valence-electron chi connectivity index (χ4n) is 1.67. The van der Waals surface area contributed by atoms with E-state index in [4.69, 9.17) is 9.47 Å². The Kier molecular flexibility index (Phi) is 3.90. The van der Waals surface area contributed by atoms with Gasteiger partial charge in [-0.05, 0) is 23.5 Å². The van der Waals surface area contributed by atoms with E-state index in [0.717, 1.165) is 15.9 Å². The molecule has 6 nitrogen and oxygen atoms in total. The quantitative estimate of drug-likeness (QED) is 0.729. The van der Waals surface area contributed by atoms with Gasteiger partial charge in [0.05, 0.1) is 0 Å². The number of ether oxygens (including phenoxy) is 2. The number of para-hydroxylation sites is 2. The average Bonchev–Trinajstić information content (AvgIpc) is 2.90. The summed E-state index contributed by atoms with van der Waals surface area (Å²) in [6.07, 6.45) is -3.12. The molecule has 3 rings (SSSR count). The van der Waals surface area contributed by atoms with Gasteiger partial charge in [-0.2, -0.15) is 17.7 Å². The molecular formula is C13H8F3N3O3S. The minimum Gasteiger partial charge on any atom is -0.480 e. The van der Waals surface area contributed by atoms with Gasteiger partial charge in [0.1, 0.15) is 0 Å². The first kappa shape index (κ1) is 15.3. The predicted molar refractivity (Wildman–Crippen MR) is 75.2 cm³/mol. The molecule has 0 aliphatic heterocycles. The van der Waals surface area contributed by atoms with Gasteiger partial charge in [-0.25, -0.2) is 4.98 Å². The number of hydrogen-bond acceptors (Lipinski definition) is 6. The van der Waals surface area contributed by atoms with Crippen LogP contribution in [0.5, 0.6) is 16.7 Å². The van der Waals surface area contributed by atoms with Crippen LogP contribution in [0.2, 0.25) is 0 Å². The lowest BCUT2D eigenvalue weighted by Crippen LogP contribution is -2.19. The molecule has 0 atom stereocenters. The summed E-state index contributed by atoms with van der Waals surface area (Å²) in [6, 6.07) is 7.11. The van der Waals surface area contributed by atoms with Crippen LogP contribution in [0.25, 0.3) is 4.96 Å². The van der Waals surface area contributed by atoms with Crippen LogP contribution in [0.4, 0.5) is 13.2 Å². The first-order chi connectivity index (χ1) is 10.9. The normalized spacial score (nSPS) is 11.6. The van der Waals surface area contributed by atoms with Crippen molar-refractivity contribution in [2.45, 2.75) is 6.18 Å². The molecule has 0 fully saturated rings. The van der Waals surface area contributed by atoms with Crippen LogP contribution < -0.4 is 15.0 Å². The highest BCUT2D eigenvalue weighted by Crippen LogP contribution is 2.33. The van der Waals surface area contributed by atoms with Gasteiger partial charge in [0.25, 0.3) is 10.8 Å². The van der Waals surface area contributed by atoms with Gasteiger partial charge in [0.2, 0.25) is 4.96 Å². The number of fused-ring (bicyclic) bond motifs is 1. The minimum atomic E-state index is -4.46. The van der Waals surface area contributed by atoms with E-state index in [-0.39, 0.29) is 22.3 Å². The van der Waals surface area contributed by atoms with Gasteiger partial charge in [0.15, 0.2) is 18.1 Å². The maximum Gasteiger partial charge on any atom is 0.422 e. The molecule has 0 unspecified atom stereocenters. The van der Waals surface area contributed by atoms with Crippen LogP contribution >= 0.6 is 11.3 Å². The Balaban J connectivity index is 1.87. The molecule has 0 aliphatic rings. The maximum absolute atomic E-state index is 12.3. The van der Waals surface area contributed by atoms with Crippen molar-refractivity contribution in [1.29, 1.82) is 0 Å². The Morgan fingerprint density at radius 2 is 1.91 bits per heavy atom. The second-order valence-corrected chi connectivity index (χ2v) is 5.22. The topological polar surface area (TPSA) is 65.7 Å².